The summed E-state index contributed by atoms with van der Waals surface area (Å²) < 4.78 is 0. The van der Waals surface area contributed by atoms with E-state index in [2.05, 4.69) is 16.4 Å². The largest absolute Gasteiger partial charge is 0.367 e. The van der Waals surface area contributed by atoms with Gasteiger partial charge in [0.2, 0.25) is 6.41 Å². The lowest BCUT2D eigenvalue weighted by molar-refractivity contribution is -0.118. The fraction of sp³-hybridized carbons (Fsp3) is 0.571. The Morgan fingerprint density at radius 3 is 2.94 bits per heavy atom. The molecular weight excluding hydrogens is 226 g/mol. The third-order valence-electron chi connectivity index (χ3n) is 4.07. The molecule has 3 rings (SSSR count). The van der Waals surface area contributed by atoms with Crippen LogP contribution >= 0.6 is 0 Å². The molecule has 18 heavy (non-hydrogen) atoms. The van der Waals surface area contributed by atoms with Gasteiger partial charge in [-0.2, -0.15) is 0 Å². The quantitative estimate of drug-likeness (QED) is 0.828. The van der Waals surface area contributed by atoms with Gasteiger partial charge in [-0.15, -0.1) is 0 Å². The molecule has 4 heteroatoms. The smallest absolute Gasteiger partial charge is 0.210 e. The minimum Gasteiger partial charge on any atom is -0.367 e. The topological polar surface area (TPSA) is 45.2 Å². The number of nitrogens with one attached hydrogen (secondary N) is 1. The minimum atomic E-state index is 0.207. The molecule has 0 spiro atoms. The van der Waals surface area contributed by atoms with E-state index in [9.17, 15) is 4.79 Å². The molecule has 1 N–H and O–H groups in total. The molecule has 1 saturated carbocycles. The molecule has 0 bridgehead atoms. The average Bonchev–Trinajstić information content (AvgIpc) is 2.82. The molecule has 1 aliphatic carbocycles. The lowest BCUT2D eigenvalue weighted by Crippen LogP contribution is -2.29. The number of rotatable bonds is 4. The highest BCUT2D eigenvalue weighted by atomic mass is 16.1. The number of aromatic nitrogens is 1. The summed E-state index contributed by atoms with van der Waals surface area (Å²) in [5.41, 5.74) is 1.18. The molecule has 1 saturated heterocycles. The number of amides is 1. The van der Waals surface area contributed by atoms with Crippen molar-refractivity contribution < 1.29 is 4.79 Å². The Bertz CT molecular complexity index is 431. The summed E-state index contributed by atoms with van der Waals surface area (Å²) in [5.74, 6) is 0.973. The van der Waals surface area contributed by atoms with E-state index < -0.39 is 0 Å². The third-order valence-corrected chi connectivity index (χ3v) is 4.07. The van der Waals surface area contributed by atoms with Crippen molar-refractivity contribution in [3.8, 4) is 0 Å². The highest BCUT2D eigenvalue weighted by molar-refractivity contribution is 5.54. The van der Waals surface area contributed by atoms with Gasteiger partial charge < -0.3 is 10.2 Å². The van der Waals surface area contributed by atoms with Crippen LogP contribution in [0, 0.1) is 0 Å². The molecule has 1 aromatic heterocycles. The molecule has 2 fully saturated rings. The van der Waals surface area contributed by atoms with Crippen molar-refractivity contribution in [2.75, 3.05) is 11.9 Å². The van der Waals surface area contributed by atoms with Crippen molar-refractivity contribution in [3.63, 3.8) is 0 Å². The van der Waals surface area contributed by atoms with E-state index >= 15 is 0 Å². The van der Waals surface area contributed by atoms with E-state index in [1.165, 1.54) is 24.8 Å². The van der Waals surface area contributed by atoms with Gasteiger partial charge in [0.05, 0.1) is 6.04 Å². The number of pyridine rings is 1. The second kappa shape index (κ2) is 4.96. The molecule has 1 aromatic rings. The summed E-state index contributed by atoms with van der Waals surface area (Å²) in [7, 11) is 0. The second-order valence-corrected chi connectivity index (χ2v) is 5.21. The molecule has 1 aliphatic heterocycles. The van der Waals surface area contributed by atoms with Crippen LogP contribution in [0.3, 0.4) is 0 Å². The monoisotopic (exact) mass is 245 g/mol. The van der Waals surface area contributed by atoms with Gasteiger partial charge in [0.1, 0.15) is 5.82 Å². The predicted molar refractivity (Wildman–Crippen MR) is 70.2 cm³/mol. The highest BCUT2D eigenvalue weighted by Gasteiger charge is 2.28. The molecule has 0 aromatic carbocycles. The van der Waals surface area contributed by atoms with Crippen LogP contribution in [-0.2, 0) is 4.79 Å². The maximum Gasteiger partial charge on any atom is 0.210 e. The van der Waals surface area contributed by atoms with Crippen LogP contribution in [0.1, 0.15) is 43.7 Å². The molecule has 0 radical (unpaired) electrons. The van der Waals surface area contributed by atoms with Gasteiger partial charge in [-0.3, -0.25) is 4.79 Å². The Kier molecular flexibility index (Phi) is 3.17. The number of carbonyl (C=O) groups is 1. The zero-order chi connectivity index (χ0) is 12.4. The van der Waals surface area contributed by atoms with Crippen molar-refractivity contribution in [1.29, 1.82) is 0 Å². The molecule has 1 unspecified atom stereocenters. The number of hydrogen-bond donors (Lipinski definition) is 1. The van der Waals surface area contributed by atoms with E-state index in [1.54, 1.807) is 0 Å². The van der Waals surface area contributed by atoms with Crippen LogP contribution in [0.2, 0.25) is 0 Å². The van der Waals surface area contributed by atoms with E-state index in [0.29, 0.717) is 6.04 Å². The lowest BCUT2D eigenvalue weighted by Gasteiger charge is -2.29. The van der Waals surface area contributed by atoms with Crippen molar-refractivity contribution in [2.45, 2.75) is 44.2 Å². The molecule has 2 heterocycles. The van der Waals surface area contributed by atoms with Crippen molar-refractivity contribution in [3.05, 3.63) is 23.9 Å². The fourth-order valence-electron chi connectivity index (χ4n) is 2.80. The number of hydrogen-bond acceptors (Lipinski definition) is 3. The van der Waals surface area contributed by atoms with Crippen molar-refractivity contribution >= 4 is 12.2 Å². The second-order valence-electron chi connectivity index (χ2n) is 5.21. The summed E-state index contributed by atoms with van der Waals surface area (Å²) in [6.07, 6.45) is 8.70. The van der Waals surface area contributed by atoms with E-state index in [1.807, 2.05) is 17.2 Å². The zero-order valence-electron chi connectivity index (χ0n) is 10.5. The van der Waals surface area contributed by atoms with E-state index in [4.69, 9.17) is 0 Å². The van der Waals surface area contributed by atoms with Crippen LogP contribution in [0.25, 0.3) is 0 Å². The molecule has 2 aliphatic rings. The van der Waals surface area contributed by atoms with Gasteiger partial charge in [0, 0.05) is 24.3 Å². The van der Waals surface area contributed by atoms with E-state index in [-0.39, 0.29) is 6.04 Å². The Labute approximate surface area is 107 Å². The molecular formula is C14H19N3O. The Balaban J connectivity index is 1.83. The van der Waals surface area contributed by atoms with Crippen LogP contribution in [-0.4, -0.2) is 28.9 Å². The number of nitrogens with zero attached hydrogens (tertiary/aromatic N) is 2. The molecule has 1 atom stereocenters. The van der Waals surface area contributed by atoms with Gasteiger partial charge >= 0.3 is 0 Å². The van der Waals surface area contributed by atoms with Gasteiger partial charge in [-0.1, -0.05) is 6.07 Å². The van der Waals surface area contributed by atoms with Crippen molar-refractivity contribution in [1.82, 2.24) is 9.88 Å². The summed E-state index contributed by atoms with van der Waals surface area (Å²) in [6, 6.07) is 4.84. The SMILES string of the molecule is O=CN1CCCC1c1cccnc1NC1CCC1. The maximum absolute atomic E-state index is 11.1. The molecule has 1 amide bonds. The first-order valence-electron chi connectivity index (χ1n) is 6.81. The van der Waals surface area contributed by atoms with Gasteiger partial charge in [-0.05, 0) is 38.2 Å². The summed E-state index contributed by atoms with van der Waals surface area (Å²) in [5, 5.41) is 3.51. The molecule has 96 valence electrons. The normalized spacial score (nSPS) is 23.8. The first-order valence-corrected chi connectivity index (χ1v) is 6.81. The average molecular weight is 245 g/mol. The van der Waals surface area contributed by atoms with Crippen LogP contribution in [0.5, 0.6) is 0 Å². The first kappa shape index (κ1) is 11.5. The van der Waals surface area contributed by atoms with Crippen LogP contribution < -0.4 is 5.32 Å². The Morgan fingerprint density at radius 2 is 2.22 bits per heavy atom. The predicted octanol–water partition coefficient (Wildman–Crippen LogP) is 2.34. The Morgan fingerprint density at radius 1 is 1.33 bits per heavy atom. The summed E-state index contributed by atoms with van der Waals surface area (Å²) in [4.78, 5) is 17.4. The van der Waals surface area contributed by atoms with Crippen molar-refractivity contribution in [2.24, 2.45) is 0 Å². The third kappa shape index (κ3) is 2.07. The number of anilines is 1. The minimum absolute atomic E-state index is 0.207. The van der Waals surface area contributed by atoms with Crippen LogP contribution in [0.4, 0.5) is 5.82 Å². The first-order chi connectivity index (χ1) is 8.88. The number of likely N-dealkylation sites (tertiary alicyclic amines) is 1. The van der Waals surface area contributed by atoms with Gasteiger partial charge in [-0.25, -0.2) is 4.98 Å². The highest BCUT2D eigenvalue weighted by Crippen LogP contribution is 2.35. The van der Waals surface area contributed by atoms with Gasteiger partial charge in [0.15, 0.2) is 0 Å². The lowest BCUT2D eigenvalue weighted by atomic mass is 9.93. The maximum atomic E-state index is 11.1. The summed E-state index contributed by atoms with van der Waals surface area (Å²) >= 11 is 0. The zero-order valence-corrected chi connectivity index (χ0v) is 10.5. The van der Waals surface area contributed by atoms with Crippen LogP contribution in [0.15, 0.2) is 18.3 Å². The molecule has 4 nitrogen and oxygen atoms in total. The standard InChI is InChI=1S/C14H19N3O/c18-10-17-9-3-7-13(17)12-6-2-8-15-14(12)16-11-4-1-5-11/h2,6,8,10-11,13H,1,3-5,7,9H2,(H,15,16). The number of carbonyl (C=O) groups excluding carboxylic acids is 1. The fourth-order valence-corrected chi connectivity index (χ4v) is 2.80. The van der Waals surface area contributed by atoms with E-state index in [0.717, 1.165) is 31.6 Å². The Hall–Kier alpha value is -1.58. The summed E-state index contributed by atoms with van der Waals surface area (Å²) in [6.45, 7) is 0.867. The van der Waals surface area contributed by atoms with Gasteiger partial charge in [0.25, 0.3) is 0 Å².